The predicted molar refractivity (Wildman–Crippen MR) is 224 cm³/mol. The summed E-state index contributed by atoms with van der Waals surface area (Å²) in [5.74, 6) is -4.65. The molecule has 2 atom stereocenters. The Labute approximate surface area is 367 Å². The fraction of sp³-hybridized carbons (Fsp3) is 0.605. The zero-order chi connectivity index (χ0) is 44.7. The Hall–Kier alpha value is -4.98. The molecule has 5 amide bonds. The number of unbranched alkanes of at least 4 members (excludes halogenated alkanes) is 4. The molecular formula is C38H57IN8O14. The first kappa shape index (κ1) is 52.2. The van der Waals surface area contributed by atoms with Gasteiger partial charge in [0.05, 0.1) is 45.3 Å². The number of aromatic nitrogens is 3. The van der Waals surface area contributed by atoms with E-state index in [9.17, 15) is 43.8 Å². The third kappa shape index (κ3) is 24.8. The van der Waals surface area contributed by atoms with Crippen molar-refractivity contribution in [1.82, 2.24) is 41.6 Å². The van der Waals surface area contributed by atoms with Crippen LogP contribution in [0.4, 0.5) is 4.79 Å². The third-order valence-corrected chi connectivity index (χ3v) is 8.97. The fourth-order valence-electron chi connectivity index (χ4n) is 5.43. The predicted octanol–water partition coefficient (Wildman–Crippen LogP) is 1.31. The van der Waals surface area contributed by atoms with Crippen LogP contribution in [0.5, 0.6) is 0 Å². The Morgan fingerprint density at radius 1 is 0.656 bits per heavy atom. The van der Waals surface area contributed by atoms with E-state index >= 15 is 0 Å². The molecule has 0 saturated carbocycles. The van der Waals surface area contributed by atoms with E-state index in [2.05, 4.69) is 40.0 Å². The molecule has 340 valence electrons. The van der Waals surface area contributed by atoms with Gasteiger partial charge in [-0.15, -0.1) is 5.10 Å². The van der Waals surface area contributed by atoms with Crippen molar-refractivity contribution in [3.63, 3.8) is 0 Å². The Balaban J connectivity index is 1.50. The van der Waals surface area contributed by atoms with Gasteiger partial charge in [0.2, 0.25) is 5.91 Å². The van der Waals surface area contributed by atoms with Gasteiger partial charge in [0, 0.05) is 49.9 Å². The second-order valence-corrected chi connectivity index (χ2v) is 14.1. The second kappa shape index (κ2) is 31.8. The number of rotatable bonds is 35. The molecule has 23 heteroatoms. The Morgan fingerprint density at radius 2 is 1.20 bits per heavy atom. The van der Waals surface area contributed by atoms with Crippen LogP contribution in [0.1, 0.15) is 84.2 Å². The van der Waals surface area contributed by atoms with E-state index in [1.807, 2.05) is 6.20 Å². The van der Waals surface area contributed by atoms with Crippen LogP contribution in [0.25, 0.3) is 0 Å². The van der Waals surface area contributed by atoms with E-state index in [1.54, 1.807) is 52.0 Å². The largest absolute Gasteiger partial charge is 0.481 e. The highest BCUT2D eigenvalue weighted by molar-refractivity contribution is 14.1. The normalized spacial score (nSPS) is 11.9. The number of halogens is 1. The number of ether oxygens (including phenoxy) is 3. The van der Waals surface area contributed by atoms with Crippen molar-refractivity contribution in [2.45, 2.75) is 82.8 Å². The molecule has 0 aliphatic carbocycles. The topological polar surface area (TPSA) is 308 Å². The Morgan fingerprint density at radius 3 is 1.77 bits per heavy atom. The summed E-state index contributed by atoms with van der Waals surface area (Å²) in [6, 6.07) is 2.64. The number of aryl methyl sites for hydroxylation is 2. The summed E-state index contributed by atoms with van der Waals surface area (Å²) in [5.41, 5.74) is 1.69. The Bertz CT molecular complexity index is 1650. The molecule has 8 N–H and O–H groups in total. The molecule has 0 fully saturated rings. The van der Waals surface area contributed by atoms with Gasteiger partial charge in [0.25, 0.3) is 11.8 Å². The minimum Gasteiger partial charge on any atom is -0.481 e. The molecule has 61 heavy (non-hydrogen) atoms. The van der Waals surface area contributed by atoms with Crippen molar-refractivity contribution in [3.05, 3.63) is 47.3 Å². The number of carbonyl (C=O) groups excluding carboxylic acids is 4. The van der Waals surface area contributed by atoms with Crippen molar-refractivity contribution in [3.8, 4) is 0 Å². The molecule has 0 spiro atoms. The average molecular weight is 977 g/mol. The highest BCUT2D eigenvalue weighted by Crippen LogP contribution is 2.09. The van der Waals surface area contributed by atoms with E-state index in [1.165, 1.54) is 0 Å². The molecule has 1 heterocycles. The van der Waals surface area contributed by atoms with Crippen molar-refractivity contribution in [2.75, 3.05) is 65.9 Å². The lowest BCUT2D eigenvalue weighted by Gasteiger charge is -2.18. The number of hydrogen-bond acceptors (Lipinski definition) is 13. The van der Waals surface area contributed by atoms with Gasteiger partial charge in [-0.1, -0.05) is 18.1 Å². The highest BCUT2D eigenvalue weighted by atomic mass is 127. The van der Waals surface area contributed by atoms with Gasteiger partial charge in [-0.25, -0.2) is 14.4 Å². The average Bonchev–Trinajstić information content (AvgIpc) is 3.68. The zero-order valence-electron chi connectivity index (χ0n) is 33.9. The van der Waals surface area contributed by atoms with E-state index in [-0.39, 0.29) is 37.2 Å². The maximum atomic E-state index is 12.6. The molecule has 0 unspecified atom stereocenters. The van der Waals surface area contributed by atoms with Crippen LogP contribution in [0.2, 0.25) is 0 Å². The quantitative estimate of drug-likeness (QED) is 0.0357. The first-order valence-corrected chi connectivity index (χ1v) is 20.8. The summed E-state index contributed by atoms with van der Waals surface area (Å²) in [6.45, 7) is 3.87. The summed E-state index contributed by atoms with van der Waals surface area (Å²) in [6.07, 6.45) is 6.26. The number of carboxylic acids is 3. The molecule has 0 aliphatic rings. The van der Waals surface area contributed by atoms with Gasteiger partial charge in [-0.05, 0) is 69.2 Å². The number of nitrogens with one attached hydrogen (secondary N) is 5. The number of aliphatic carboxylic acids is 3. The smallest absolute Gasteiger partial charge is 0.326 e. The molecule has 0 saturated heterocycles. The summed E-state index contributed by atoms with van der Waals surface area (Å²) in [4.78, 5) is 82.1. The minimum atomic E-state index is -1.47. The number of hydrogen-bond donors (Lipinski definition) is 8. The van der Waals surface area contributed by atoms with E-state index in [4.69, 9.17) is 19.3 Å². The Kier molecular flexibility index (Phi) is 27.2. The maximum absolute atomic E-state index is 12.6. The monoisotopic (exact) mass is 976 g/mol. The molecule has 0 radical (unpaired) electrons. The van der Waals surface area contributed by atoms with Gasteiger partial charge in [-0.3, -0.25) is 23.9 Å². The summed E-state index contributed by atoms with van der Waals surface area (Å²) >= 11 is 1.65. The van der Waals surface area contributed by atoms with E-state index < -0.39 is 42.4 Å². The molecule has 0 bridgehead atoms. The summed E-state index contributed by atoms with van der Waals surface area (Å²) in [5, 5.41) is 48.4. The van der Waals surface area contributed by atoms with Crippen LogP contribution >= 0.6 is 23.0 Å². The van der Waals surface area contributed by atoms with Crippen LogP contribution in [-0.2, 0) is 49.4 Å². The van der Waals surface area contributed by atoms with Crippen LogP contribution in [0, 0.1) is 0 Å². The van der Waals surface area contributed by atoms with Crippen molar-refractivity contribution >= 4 is 64.7 Å². The van der Waals surface area contributed by atoms with Gasteiger partial charge < -0.3 is 59.2 Å². The summed E-state index contributed by atoms with van der Waals surface area (Å²) < 4.78 is 22.6. The number of nitrogens with zero attached hydrogens (tertiary/aromatic N) is 3. The molecule has 2 rings (SSSR count). The number of amides is 5. The minimum absolute atomic E-state index is 0.000844. The van der Waals surface area contributed by atoms with Crippen molar-refractivity contribution in [1.29, 1.82) is 0 Å². The first-order chi connectivity index (χ1) is 29.4. The number of carboxylic acid groups (broad SMARTS) is 3. The lowest BCUT2D eigenvalue weighted by molar-refractivity contribution is -0.141. The van der Waals surface area contributed by atoms with Gasteiger partial charge in [0.15, 0.2) is 0 Å². The second-order valence-electron chi connectivity index (χ2n) is 13.5. The third-order valence-electron chi connectivity index (χ3n) is 8.65. The van der Waals surface area contributed by atoms with E-state index in [0.717, 1.165) is 37.8 Å². The van der Waals surface area contributed by atoms with Gasteiger partial charge >= 0.3 is 23.9 Å². The zero-order valence-corrected chi connectivity index (χ0v) is 36.1. The van der Waals surface area contributed by atoms with Crippen molar-refractivity contribution < 1.29 is 66.2 Å². The molecule has 1 aromatic carbocycles. The lowest BCUT2D eigenvalue weighted by Crippen LogP contribution is -2.51. The van der Waals surface area contributed by atoms with Crippen LogP contribution in [0.3, 0.4) is 0 Å². The highest BCUT2D eigenvalue weighted by Gasteiger charge is 2.25. The van der Waals surface area contributed by atoms with Gasteiger partial charge in [0.1, 0.15) is 41.7 Å². The molecule has 1 aromatic heterocycles. The molecule has 0 aliphatic heterocycles. The van der Waals surface area contributed by atoms with Crippen molar-refractivity contribution in [2.24, 2.45) is 0 Å². The number of carbonyl (C=O) groups is 7. The standard InChI is InChI=1S/C38H57IN8O14/c39-61-26-32(48)40-16-19-58-21-23-60-24-22-59-20-17-42-35(52)28-11-9-27(10-12-28)34(51)41-15-5-2-1-3-7-29-25-47(46-45-29)18-6-4-8-30(36(53)54)43-38(57)44-31(37(55)56)13-14-33(49)50/h9-12,25,30-31H,1-8,13-24,26H2,(H,40,48)(H,41,51)(H,42,52)(H,49,50)(H,53,54)(H,55,56)(H2,43,44,57)/t30-,31-/m0/s1. The molecule has 2 aromatic rings. The van der Waals surface area contributed by atoms with E-state index in [0.29, 0.717) is 89.8 Å². The number of benzene rings is 1. The first-order valence-electron chi connectivity index (χ1n) is 19.9. The SMILES string of the molecule is O=C(O)CC[C@H](NC(=O)N[C@@H](CCCCn1cc(CCCCCCNC(=O)c2ccc(C(=O)NCCOCCOCCOCCNC(=O)COI)cc2)nn1)C(=O)O)C(=O)O. The fourth-order valence-corrected chi connectivity index (χ4v) is 5.71. The van der Waals surface area contributed by atoms with Crippen LogP contribution in [-0.4, -0.2) is 150 Å². The lowest BCUT2D eigenvalue weighted by atomic mass is 10.1. The summed E-state index contributed by atoms with van der Waals surface area (Å²) in [7, 11) is 0. The maximum Gasteiger partial charge on any atom is 0.326 e. The number of urea groups is 1. The molecular weight excluding hydrogens is 919 g/mol. The molecule has 22 nitrogen and oxygen atoms in total. The van der Waals surface area contributed by atoms with Crippen LogP contribution < -0.4 is 26.6 Å². The van der Waals surface area contributed by atoms with Crippen LogP contribution in [0.15, 0.2) is 30.5 Å². The van der Waals surface area contributed by atoms with Gasteiger partial charge in [-0.2, -0.15) is 0 Å².